The monoisotopic (exact) mass is 655 g/mol. The first kappa shape index (κ1) is 30.0. The van der Waals surface area contributed by atoms with E-state index in [1.54, 1.807) is 32.6 Å². The normalized spacial score (nSPS) is 35.3. The van der Waals surface area contributed by atoms with E-state index in [0.29, 0.717) is 24.4 Å². The number of aromatic nitrogens is 1. The van der Waals surface area contributed by atoms with Crippen LogP contribution in [0.2, 0.25) is 0 Å². The van der Waals surface area contributed by atoms with E-state index in [2.05, 4.69) is 9.88 Å². The van der Waals surface area contributed by atoms with Crippen LogP contribution in [0.4, 0.5) is 0 Å². The van der Waals surface area contributed by atoms with Gasteiger partial charge in [0.05, 0.1) is 5.92 Å². The predicted molar refractivity (Wildman–Crippen MR) is 161 cm³/mol. The highest BCUT2D eigenvalue weighted by Gasteiger charge is 2.77. The Hall–Kier alpha value is -3.34. The second-order valence-electron chi connectivity index (χ2n) is 13.8. The van der Waals surface area contributed by atoms with E-state index in [1.165, 1.54) is 5.56 Å². The number of hydrogen-bond donors (Lipinski definition) is 1. The van der Waals surface area contributed by atoms with Crippen molar-refractivity contribution in [3.05, 3.63) is 41.6 Å². The maximum absolute atomic E-state index is 14.9. The summed E-state index contributed by atoms with van der Waals surface area (Å²) in [6, 6.07) is 4.01. The summed E-state index contributed by atoms with van der Waals surface area (Å²) >= 11 is 0. The molecule has 6 aliphatic rings. The topological polar surface area (TPSA) is 151 Å². The van der Waals surface area contributed by atoms with Crippen LogP contribution in [-0.2, 0) is 49.4 Å². The maximum Gasteiger partial charge on any atom is 0.448 e. The van der Waals surface area contributed by atoms with Crippen LogP contribution in [0, 0.1) is 17.8 Å². The Kier molecular flexibility index (Phi) is 6.42. The fourth-order valence-corrected chi connectivity index (χ4v) is 9.07. The number of ether oxygens (including phenoxy) is 1. The Morgan fingerprint density at radius 2 is 1.93 bits per heavy atom. The van der Waals surface area contributed by atoms with Crippen LogP contribution in [0.25, 0.3) is 16.5 Å². The average Bonchev–Trinajstić information content (AvgIpc) is 3.73. The van der Waals surface area contributed by atoms with Gasteiger partial charge in [-0.25, -0.2) is 0 Å². The van der Waals surface area contributed by atoms with E-state index in [-0.39, 0.29) is 18.5 Å². The fraction of sp³-hybridized carbons (Fsp3) is 0.581. The first-order valence-corrected chi connectivity index (χ1v) is 17.2. The molecule has 0 saturated carbocycles. The number of carbonyl (C=O) groups excluding carboxylic acids is 3. The summed E-state index contributed by atoms with van der Waals surface area (Å²) in [7, 11) is -3.14. The van der Waals surface area contributed by atoms with Crippen molar-refractivity contribution in [3.8, 4) is 0 Å². The van der Waals surface area contributed by atoms with Crippen molar-refractivity contribution >= 4 is 44.6 Å². The zero-order valence-electron chi connectivity index (χ0n) is 26.3. The van der Waals surface area contributed by atoms with Gasteiger partial charge in [-0.1, -0.05) is 50.2 Å². The molecule has 1 spiro atoms. The van der Waals surface area contributed by atoms with Gasteiger partial charge in [0.2, 0.25) is 5.91 Å². The second kappa shape index (κ2) is 9.84. The third kappa shape index (κ3) is 3.80. The molecule has 0 radical (unpaired) electrons. The number of nitrogens with one attached hydrogen (secondary N) is 1. The molecule has 1 N–H and O–H groups in total. The Morgan fingerprint density at radius 3 is 2.67 bits per heavy atom. The number of benzene rings is 1. The van der Waals surface area contributed by atoms with E-state index in [9.17, 15) is 22.8 Å². The highest BCUT2D eigenvalue weighted by Crippen LogP contribution is 2.54. The van der Waals surface area contributed by atoms with E-state index in [4.69, 9.17) is 18.2 Å². The number of aromatic amines is 1. The van der Waals surface area contributed by atoms with Crippen LogP contribution in [0.1, 0.15) is 51.7 Å². The number of amides is 3. The van der Waals surface area contributed by atoms with Crippen molar-refractivity contribution in [3.63, 3.8) is 0 Å². The SMILES string of the molecule is CC(C)[C@H]1C(=O)N2CCC[C@H]2[C@@]23OOS(=O)(=O)ON(C(=O)[C@@H]4C=C5c6cccc7[nH]cc(c67)C[C@H]5N(C)C4)[C@](C(C)C)(O2)C(=O)N13. The highest BCUT2D eigenvalue weighted by molar-refractivity contribution is 7.81. The molecule has 5 aliphatic heterocycles. The van der Waals surface area contributed by atoms with Gasteiger partial charge >= 0.3 is 16.3 Å². The predicted octanol–water partition coefficient (Wildman–Crippen LogP) is 1.90. The van der Waals surface area contributed by atoms with Crippen molar-refractivity contribution in [2.45, 2.75) is 76.7 Å². The van der Waals surface area contributed by atoms with Gasteiger partial charge in [0.15, 0.2) is 0 Å². The first-order valence-electron chi connectivity index (χ1n) is 15.8. The van der Waals surface area contributed by atoms with E-state index < -0.39 is 63.7 Å². The Bertz CT molecular complexity index is 1820. The number of likely N-dealkylation sites (N-methyl/N-ethyl adjacent to an activating group) is 1. The van der Waals surface area contributed by atoms with Crippen LogP contribution in [0.5, 0.6) is 0 Å². The highest BCUT2D eigenvalue weighted by atomic mass is 32.3. The number of hydrogen-bond acceptors (Lipinski definition) is 10. The molecule has 46 heavy (non-hydrogen) atoms. The molecule has 246 valence electrons. The molecule has 8 rings (SSSR count). The molecule has 0 unspecified atom stereocenters. The van der Waals surface area contributed by atoms with Crippen LogP contribution >= 0.6 is 0 Å². The minimum atomic E-state index is -5.05. The van der Waals surface area contributed by atoms with Crippen LogP contribution in [0.15, 0.2) is 30.5 Å². The summed E-state index contributed by atoms with van der Waals surface area (Å²) in [6.45, 7) is 7.44. The van der Waals surface area contributed by atoms with Gasteiger partial charge in [-0.2, -0.15) is 18.4 Å². The molecule has 4 saturated heterocycles. The quantitative estimate of drug-likeness (QED) is 0.486. The number of hydroxylamine groups is 2. The summed E-state index contributed by atoms with van der Waals surface area (Å²) in [4.78, 5) is 57.1. The molecule has 2 bridgehead atoms. The third-order valence-corrected chi connectivity index (χ3v) is 11.1. The van der Waals surface area contributed by atoms with E-state index in [1.807, 2.05) is 37.5 Å². The summed E-state index contributed by atoms with van der Waals surface area (Å²) in [6.07, 6.45) is 5.53. The molecular weight excluding hydrogens is 618 g/mol. The molecule has 2 aromatic rings. The van der Waals surface area contributed by atoms with Gasteiger partial charge in [-0.15, -0.1) is 4.28 Å². The largest absolute Gasteiger partial charge is 0.448 e. The van der Waals surface area contributed by atoms with E-state index >= 15 is 0 Å². The lowest BCUT2D eigenvalue weighted by molar-refractivity contribution is -0.467. The van der Waals surface area contributed by atoms with Gasteiger partial charge in [-0.05, 0) is 55.0 Å². The number of fused-ring (bicyclic) bond motifs is 4. The summed E-state index contributed by atoms with van der Waals surface area (Å²) in [5, 5.41) is 1.62. The molecule has 1 aromatic heterocycles. The Morgan fingerprint density at radius 1 is 1.15 bits per heavy atom. The van der Waals surface area contributed by atoms with Crippen LogP contribution in [-0.4, -0.2) is 101 Å². The molecule has 6 atom stereocenters. The number of H-pyrrole nitrogens is 1. The number of rotatable bonds is 3. The van der Waals surface area contributed by atoms with Gasteiger partial charge in [0.1, 0.15) is 12.1 Å². The van der Waals surface area contributed by atoms with Crippen LogP contribution in [0.3, 0.4) is 0 Å². The standard InChI is InChI=1S/C31H37N5O9S/c1-16(2)26-28(38)34-11-7-10-24(34)31-35(26)29(39)30(42-31,17(3)4)36(44-46(40,41)45-43-31)27(37)19-12-21-20-8-6-9-22-25(20)18(14-32-22)13-23(21)33(5)15-19/h6,8-9,12,14,16-17,19,23-24,26,32H,7,10-11,13,15H2,1-5H3/t19-,23-,24+,26+,30-,31+/m1/s1. The van der Waals surface area contributed by atoms with Gasteiger partial charge in [0, 0.05) is 42.1 Å². The van der Waals surface area contributed by atoms with Crippen molar-refractivity contribution < 1.29 is 41.0 Å². The average molecular weight is 656 g/mol. The molecule has 1 aromatic carbocycles. The summed E-state index contributed by atoms with van der Waals surface area (Å²) < 4.78 is 43.6. The lowest BCUT2D eigenvalue weighted by Gasteiger charge is -2.51. The third-order valence-electron chi connectivity index (χ3n) is 10.6. The van der Waals surface area contributed by atoms with Gasteiger partial charge in [-0.3, -0.25) is 28.9 Å². The van der Waals surface area contributed by atoms with Crippen molar-refractivity contribution in [2.24, 2.45) is 17.8 Å². The maximum atomic E-state index is 14.9. The molecule has 4 fully saturated rings. The molecule has 15 heteroatoms. The van der Waals surface area contributed by atoms with Crippen molar-refractivity contribution in [1.82, 2.24) is 24.7 Å². The lowest BCUT2D eigenvalue weighted by atomic mass is 9.79. The molecule has 14 nitrogen and oxygen atoms in total. The Balaban J connectivity index is 1.28. The molecule has 6 heterocycles. The Labute approximate surface area is 266 Å². The summed E-state index contributed by atoms with van der Waals surface area (Å²) in [5.41, 5.74) is 1.78. The van der Waals surface area contributed by atoms with Gasteiger partial charge in [0.25, 0.3) is 17.5 Å². The lowest BCUT2D eigenvalue weighted by Crippen LogP contribution is -2.73. The minimum absolute atomic E-state index is 0.0153. The summed E-state index contributed by atoms with van der Waals surface area (Å²) in [5.74, 6) is -6.20. The molecule has 3 amide bonds. The second-order valence-corrected chi connectivity index (χ2v) is 14.9. The molecular formula is C31H37N5O9S. The molecule has 1 aliphatic carbocycles. The smallest absolute Gasteiger partial charge is 0.361 e. The number of nitrogens with zero attached hydrogens (tertiary/aromatic N) is 4. The zero-order valence-corrected chi connectivity index (χ0v) is 27.1. The minimum Gasteiger partial charge on any atom is -0.361 e. The van der Waals surface area contributed by atoms with Crippen molar-refractivity contribution in [2.75, 3.05) is 20.1 Å². The first-order chi connectivity index (χ1) is 21.8. The number of piperazine rings is 1. The zero-order chi connectivity index (χ0) is 32.5. The van der Waals surface area contributed by atoms with Gasteiger partial charge < -0.3 is 9.88 Å². The van der Waals surface area contributed by atoms with Crippen molar-refractivity contribution in [1.29, 1.82) is 0 Å². The van der Waals surface area contributed by atoms with E-state index in [0.717, 1.165) is 33.4 Å². The number of carbonyl (C=O) groups is 3. The fourth-order valence-electron chi connectivity index (χ4n) is 8.50. The van der Waals surface area contributed by atoms with Crippen LogP contribution < -0.4 is 0 Å².